The molecular formula is C19H28FIN2O4S. The Morgan fingerprint density at radius 1 is 1.07 bits per heavy atom. The van der Waals surface area contributed by atoms with Crippen LogP contribution in [0.5, 0.6) is 0 Å². The van der Waals surface area contributed by atoms with Crippen molar-refractivity contribution in [2.75, 3.05) is 26.2 Å². The van der Waals surface area contributed by atoms with Crippen LogP contribution in [0, 0.1) is 24.3 Å². The van der Waals surface area contributed by atoms with Gasteiger partial charge in [-0.1, -0.05) is 0 Å². The van der Waals surface area contributed by atoms with Crippen molar-refractivity contribution in [1.29, 1.82) is 0 Å². The summed E-state index contributed by atoms with van der Waals surface area (Å²) in [5.74, 6) is 0. The molecule has 2 rings (SSSR count). The third-order valence-electron chi connectivity index (χ3n) is 4.89. The van der Waals surface area contributed by atoms with Gasteiger partial charge in [0.1, 0.15) is 10.5 Å². The molecule has 1 aliphatic heterocycles. The quantitative estimate of drug-likeness (QED) is 0.441. The lowest BCUT2D eigenvalue weighted by Crippen LogP contribution is -2.49. The van der Waals surface area contributed by atoms with Crippen LogP contribution < -0.4 is 0 Å². The molecule has 1 aromatic rings. The molecule has 1 amide bonds. The number of carbonyl (C=O) groups is 1. The molecule has 158 valence electrons. The summed E-state index contributed by atoms with van der Waals surface area (Å²) in [6, 6.07) is 0. The van der Waals surface area contributed by atoms with Crippen LogP contribution in [-0.4, -0.2) is 56.1 Å². The summed E-state index contributed by atoms with van der Waals surface area (Å²) in [5.41, 5.74) is 2.19. The molecule has 0 spiro atoms. The van der Waals surface area contributed by atoms with Gasteiger partial charge in [-0.2, -0.15) is 8.42 Å². The lowest BCUT2D eigenvalue weighted by atomic mass is 9.99. The summed E-state index contributed by atoms with van der Waals surface area (Å²) in [7, 11) is -4.80. The highest BCUT2D eigenvalue weighted by Crippen LogP contribution is 2.33. The van der Waals surface area contributed by atoms with Gasteiger partial charge in [0.05, 0.1) is 0 Å². The number of carbonyl (C=O) groups excluding carboxylic acids is 1. The zero-order valence-electron chi connectivity index (χ0n) is 17.2. The minimum absolute atomic E-state index is 0.218. The third-order valence-corrected chi connectivity index (χ3v) is 7.61. The van der Waals surface area contributed by atoms with Gasteiger partial charge in [-0.25, -0.2) is 4.79 Å². The molecule has 0 bridgehead atoms. The van der Waals surface area contributed by atoms with Gasteiger partial charge in [0.2, 0.25) is 0 Å². The zero-order valence-corrected chi connectivity index (χ0v) is 20.2. The van der Waals surface area contributed by atoms with Crippen LogP contribution in [0.1, 0.15) is 43.0 Å². The Labute approximate surface area is 180 Å². The molecular weight excluding hydrogens is 498 g/mol. The van der Waals surface area contributed by atoms with Crippen molar-refractivity contribution >= 4 is 38.9 Å². The van der Waals surface area contributed by atoms with Crippen molar-refractivity contribution in [3.8, 4) is 0 Å². The first-order chi connectivity index (χ1) is 12.7. The van der Waals surface area contributed by atoms with E-state index in [0.717, 1.165) is 14.7 Å². The maximum Gasteiger partial charge on any atom is 0.410 e. The van der Waals surface area contributed by atoms with E-state index in [0.29, 0.717) is 43.9 Å². The highest BCUT2D eigenvalue weighted by molar-refractivity contribution is 14.1. The fourth-order valence-electron chi connectivity index (χ4n) is 3.45. The number of rotatable bonds is 3. The minimum atomic E-state index is -4.80. The van der Waals surface area contributed by atoms with Crippen molar-refractivity contribution in [2.45, 2.75) is 58.6 Å². The van der Waals surface area contributed by atoms with Crippen molar-refractivity contribution < 1.29 is 21.8 Å². The molecule has 6 nitrogen and oxygen atoms in total. The summed E-state index contributed by atoms with van der Waals surface area (Å²) in [6.07, 6.45) is -0.324. The van der Waals surface area contributed by atoms with Crippen LogP contribution in [0.25, 0.3) is 0 Å². The SMILES string of the molecule is Cc1c(I)c(C)c(S(=O)(=O)F)c(C)c1CN1CCN(C(=O)OC(C)(C)C)CC1. The molecule has 0 N–H and O–H groups in total. The van der Waals surface area contributed by atoms with Gasteiger partial charge in [0.25, 0.3) is 0 Å². The normalized spacial score (nSPS) is 16.4. The number of halogens is 2. The Bertz CT molecular complexity index is 873. The Morgan fingerprint density at radius 3 is 2.07 bits per heavy atom. The summed E-state index contributed by atoms with van der Waals surface area (Å²) < 4.78 is 43.4. The molecule has 0 saturated carbocycles. The number of amides is 1. The van der Waals surface area contributed by atoms with Crippen molar-refractivity contribution in [3.63, 3.8) is 0 Å². The maximum atomic E-state index is 13.9. The number of benzene rings is 1. The van der Waals surface area contributed by atoms with Gasteiger partial charge in [-0.15, -0.1) is 3.89 Å². The molecule has 9 heteroatoms. The van der Waals surface area contributed by atoms with E-state index in [1.54, 1.807) is 18.7 Å². The fraction of sp³-hybridized carbons (Fsp3) is 0.632. The molecule has 28 heavy (non-hydrogen) atoms. The van der Waals surface area contributed by atoms with Crippen molar-refractivity contribution in [3.05, 3.63) is 25.8 Å². The Kier molecular flexibility index (Phi) is 7.03. The molecule has 1 aromatic carbocycles. The second-order valence-electron chi connectivity index (χ2n) is 8.18. The van der Waals surface area contributed by atoms with Crippen molar-refractivity contribution in [1.82, 2.24) is 9.80 Å². The van der Waals surface area contributed by atoms with E-state index in [2.05, 4.69) is 27.5 Å². The van der Waals surface area contributed by atoms with E-state index in [1.807, 2.05) is 27.7 Å². The molecule has 0 aromatic heterocycles. The Morgan fingerprint density at radius 2 is 1.61 bits per heavy atom. The average Bonchev–Trinajstić information content (AvgIpc) is 2.54. The number of hydrogen-bond donors (Lipinski definition) is 0. The molecule has 1 heterocycles. The largest absolute Gasteiger partial charge is 0.444 e. The molecule has 0 aliphatic carbocycles. The minimum Gasteiger partial charge on any atom is -0.444 e. The summed E-state index contributed by atoms with van der Waals surface area (Å²) in [5, 5.41) is 0. The van der Waals surface area contributed by atoms with Gasteiger partial charge in [-0.05, 0) is 86.4 Å². The highest BCUT2D eigenvalue weighted by atomic mass is 127. The molecule has 1 saturated heterocycles. The first-order valence-electron chi connectivity index (χ1n) is 9.15. The summed E-state index contributed by atoms with van der Waals surface area (Å²) in [6.45, 7) is 13.6. The maximum absolute atomic E-state index is 13.9. The van der Waals surface area contributed by atoms with Crippen LogP contribution in [0.15, 0.2) is 4.90 Å². The van der Waals surface area contributed by atoms with Gasteiger partial charge >= 0.3 is 16.3 Å². The van der Waals surface area contributed by atoms with Gasteiger partial charge in [0.15, 0.2) is 0 Å². The van der Waals surface area contributed by atoms with Gasteiger partial charge < -0.3 is 9.64 Å². The van der Waals surface area contributed by atoms with Gasteiger partial charge in [-0.3, -0.25) is 4.90 Å². The predicted octanol–water partition coefficient (Wildman–Crippen LogP) is 3.93. The lowest BCUT2D eigenvalue weighted by Gasteiger charge is -2.36. The van der Waals surface area contributed by atoms with Crippen LogP contribution >= 0.6 is 22.6 Å². The monoisotopic (exact) mass is 526 g/mol. The van der Waals surface area contributed by atoms with Crippen LogP contribution in [-0.2, 0) is 21.5 Å². The Balaban J connectivity index is 2.18. The van der Waals surface area contributed by atoms with E-state index < -0.39 is 15.8 Å². The standard InChI is InChI=1S/C19H28FIN2O4S/c1-12-15(13(2)17(28(20,25)26)14(3)16(12)21)11-22-7-9-23(10-8-22)18(24)27-19(4,5)6/h7-11H2,1-6H3. The summed E-state index contributed by atoms with van der Waals surface area (Å²) in [4.78, 5) is 15.8. The number of hydrogen-bond acceptors (Lipinski definition) is 5. The highest BCUT2D eigenvalue weighted by Gasteiger charge is 2.28. The van der Waals surface area contributed by atoms with Crippen LogP contribution in [0.3, 0.4) is 0 Å². The first-order valence-corrected chi connectivity index (χ1v) is 11.6. The number of piperazine rings is 1. The topological polar surface area (TPSA) is 66.9 Å². The fourth-order valence-corrected chi connectivity index (χ4v) is 5.19. The second kappa shape index (κ2) is 8.43. The van der Waals surface area contributed by atoms with E-state index >= 15 is 0 Å². The van der Waals surface area contributed by atoms with Crippen molar-refractivity contribution in [2.24, 2.45) is 0 Å². The van der Waals surface area contributed by atoms with E-state index in [9.17, 15) is 17.1 Å². The first kappa shape index (κ1) is 23.3. The van der Waals surface area contributed by atoms with Gasteiger partial charge in [0, 0.05) is 36.3 Å². The zero-order chi connectivity index (χ0) is 21.4. The number of nitrogens with zero attached hydrogens (tertiary/aromatic N) is 2. The van der Waals surface area contributed by atoms with E-state index in [1.165, 1.54) is 0 Å². The molecule has 0 unspecified atom stereocenters. The third kappa shape index (κ3) is 5.35. The number of ether oxygens (including phenoxy) is 1. The van der Waals surface area contributed by atoms with Crippen LogP contribution in [0.2, 0.25) is 0 Å². The van der Waals surface area contributed by atoms with E-state index in [4.69, 9.17) is 4.74 Å². The molecule has 1 aliphatic rings. The molecule has 0 atom stereocenters. The smallest absolute Gasteiger partial charge is 0.410 e. The lowest BCUT2D eigenvalue weighted by molar-refractivity contribution is 0.0138. The average molecular weight is 526 g/mol. The summed E-state index contributed by atoms with van der Waals surface area (Å²) >= 11 is 2.08. The predicted molar refractivity (Wildman–Crippen MR) is 115 cm³/mol. The molecule has 1 fully saturated rings. The van der Waals surface area contributed by atoms with E-state index in [-0.39, 0.29) is 11.0 Å². The second-order valence-corrected chi connectivity index (χ2v) is 10.5. The Hall–Kier alpha value is -0.940. The van der Waals surface area contributed by atoms with Crippen LogP contribution in [0.4, 0.5) is 8.68 Å². The molecule has 0 radical (unpaired) electrons.